The molecule has 0 bridgehead atoms. The summed E-state index contributed by atoms with van der Waals surface area (Å²) >= 11 is -0.839. The molecule has 1 radical (unpaired) electrons. The van der Waals surface area contributed by atoms with Crippen molar-refractivity contribution < 1.29 is 20.0 Å². The van der Waals surface area contributed by atoms with Crippen molar-refractivity contribution in [2.45, 2.75) is 79.5 Å². The molecule has 0 aromatic carbocycles. The molecule has 0 aliphatic carbocycles. The Bertz CT molecular complexity index is 247. The molecule has 0 spiro atoms. The van der Waals surface area contributed by atoms with Crippen LogP contribution in [0.25, 0.3) is 0 Å². The van der Waals surface area contributed by atoms with Gasteiger partial charge in [0.15, 0.2) is 0 Å². The van der Waals surface area contributed by atoms with E-state index in [2.05, 4.69) is 25.8 Å². The van der Waals surface area contributed by atoms with Crippen molar-refractivity contribution in [3.8, 4) is 0 Å². The Labute approximate surface area is 137 Å². The van der Waals surface area contributed by atoms with Crippen LogP contribution in [0.2, 0.25) is 13.3 Å². The van der Waals surface area contributed by atoms with E-state index in [9.17, 15) is 4.79 Å². The van der Waals surface area contributed by atoms with Crippen molar-refractivity contribution in [3.05, 3.63) is 0 Å². The molecule has 0 unspecified atom stereocenters. The first-order valence-corrected chi connectivity index (χ1v) is 14.3. The summed E-state index contributed by atoms with van der Waals surface area (Å²) in [6.07, 6.45) is 8.85. The Hall–Kier alpha value is -0.261. The number of aliphatic carboxylic acids is 1. The van der Waals surface area contributed by atoms with E-state index in [1.165, 1.54) is 45.4 Å². The molecule has 0 fully saturated rings. The van der Waals surface area contributed by atoms with Crippen LogP contribution in [0.5, 0.6) is 0 Å². The topological polar surface area (TPSA) is 71.5 Å². The van der Waals surface area contributed by atoms with Crippen LogP contribution in [-0.2, 0) is 4.79 Å². The molecule has 0 aromatic heterocycles. The van der Waals surface area contributed by atoms with E-state index in [4.69, 9.17) is 10.2 Å². The number of aliphatic hydroxyl groups excluding tert-OH is 1. The van der Waals surface area contributed by atoms with Gasteiger partial charge in [0.2, 0.25) is 6.54 Å². The molecule has 3 N–H and O–H groups in total. The number of hydrogen-bond donors (Lipinski definition) is 3. The van der Waals surface area contributed by atoms with Gasteiger partial charge in [-0.2, -0.15) is 0 Å². The van der Waals surface area contributed by atoms with Gasteiger partial charge in [-0.05, 0) is 0 Å². The van der Waals surface area contributed by atoms with Crippen LogP contribution >= 0.6 is 0 Å². The first kappa shape index (κ1) is 23.0. The minimum absolute atomic E-state index is 0.0765. The van der Waals surface area contributed by atoms with Crippen molar-refractivity contribution in [3.63, 3.8) is 0 Å². The Kier molecular flexibility index (Phi) is 19.5. The summed E-state index contributed by atoms with van der Waals surface area (Å²) in [6, 6.07) is 0. The molecule has 4 nitrogen and oxygen atoms in total. The van der Waals surface area contributed by atoms with Crippen molar-refractivity contribution >= 4 is 31.6 Å². The Morgan fingerprint density at radius 3 is 1.48 bits per heavy atom. The van der Waals surface area contributed by atoms with E-state index in [1.54, 1.807) is 13.3 Å². The molecule has 0 aliphatic rings. The number of carbonyl (C=O) groups is 1. The SMILES string of the molecule is CC(O)=[NH+]CC(=O)O.CCC[CH2][Sn]([CH2]CCC)[CH2]CCC. The molecule has 125 valence electrons. The maximum atomic E-state index is 9.72. The van der Waals surface area contributed by atoms with Gasteiger partial charge in [0, 0.05) is 0 Å². The third-order valence-corrected chi connectivity index (χ3v) is 12.2. The van der Waals surface area contributed by atoms with Gasteiger partial charge in [-0.3, -0.25) is 0 Å². The zero-order chi connectivity index (χ0) is 16.5. The van der Waals surface area contributed by atoms with E-state index >= 15 is 0 Å². The standard InChI is InChI=1S/C4H7NO3.3C4H9.Sn/c1-3(6)5-2-4(7)8;3*1-3-4-2;/h2H2,1H3,(H,5,6)(H,7,8);3*1,3-4H2,2H3;/p+1. The Morgan fingerprint density at radius 1 is 0.905 bits per heavy atom. The summed E-state index contributed by atoms with van der Waals surface area (Å²) < 4.78 is 5.04. The van der Waals surface area contributed by atoms with Crippen molar-refractivity contribution in [1.29, 1.82) is 0 Å². The normalized spacial score (nSPS) is 11.2. The zero-order valence-electron chi connectivity index (χ0n) is 14.4. The van der Waals surface area contributed by atoms with Gasteiger partial charge in [0.1, 0.15) is 0 Å². The van der Waals surface area contributed by atoms with Gasteiger partial charge in [0.05, 0.1) is 6.92 Å². The van der Waals surface area contributed by atoms with E-state index in [-0.39, 0.29) is 12.4 Å². The molecule has 0 saturated carbocycles. The fraction of sp³-hybridized carbons (Fsp3) is 0.875. The number of carboxylic acids is 1. The number of nitrogens with one attached hydrogen (secondary N) is 1. The molecular weight excluding hydrogens is 373 g/mol. The monoisotopic (exact) mass is 409 g/mol. The predicted octanol–water partition coefficient (Wildman–Crippen LogP) is 3.01. The number of carboxylic acid groups (broad SMARTS) is 1. The first-order valence-electron chi connectivity index (χ1n) is 8.29. The molecule has 0 saturated heterocycles. The van der Waals surface area contributed by atoms with E-state index < -0.39 is 25.7 Å². The molecule has 21 heavy (non-hydrogen) atoms. The van der Waals surface area contributed by atoms with E-state index in [0.29, 0.717) is 0 Å². The van der Waals surface area contributed by atoms with Crippen LogP contribution in [-0.4, -0.2) is 48.4 Å². The molecule has 0 atom stereocenters. The van der Waals surface area contributed by atoms with Gasteiger partial charge in [-0.25, -0.2) is 9.79 Å². The van der Waals surface area contributed by atoms with Crippen LogP contribution in [0.15, 0.2) is 0 Å². The molecule has 0 rings (SSSR count). The first-order chi connectivity index (χ1) is 9.97. The fourth-order valence-corrected chi connectivity index (χ4v) is 11.3. The second kappa shape index (κ2) is 17.8. The second-order valence-electron chi connectivity index (χ2n) is 5.39. The van der Waals surface area contributed by atoms with Gasteiger partial charge in [-0.1, -0.05) is 0 Å². The molecule has 0 aromatic rings. The molecule has 0 amide bonds. The van der Waals surface area contributed by atoms with Crippen LogP contribution in [0.3, 0.4) is 0 Å². The van der Waals surface area contributed by atoms with Crippen LogP contribution in [0, 0.1) is 0 Å². The summed E-state index contributed by atoms with van der Waals surface area (Å²) in [7, 11) is 0. The fourth-order valence-electron chi connectivity index (χ4n) is 1.86. The molecule has 0 aliphatic heterocycles. The van der Waals surface area contributed by atoms with Crippen LogP contribution < -0.4 is 4.99 Å². The summed E-state index contributed by atoms with van der Waals surface area (Å²) in [5.74, 6) is -1.06. The molecular formula is C16H35NO3Sn+. The minimum atomic E-state index is -0.988. The van der Waals surface area contributed by atoms with Crippen molar-refractivity contribution in [1.82, 2.24) is 0 Å². The summed E-state index contributed by atoms with van der Waals surface area (Å²) in [5, 5.41) is 16.3. The van der Waals surface area contributed by atoms with E-state index in [0.717, 1.165) is 0 Å². The Morgan fingerprint density at radius 2 is 1.29 bits per heavy atom. The molecule has 0 heterocycles. The number of hydrogen-bond acceptors (Lipinski definition) is 1. The maximum absolute atomic E-state index is 9.72. The number of aliphatic hydroxyl groups is 1. The second-order valence-corrected chi connectivity index (χ2v) is 14.0. The van der Waals surface area contributed by atoms with Gasteiger partial charge in [0.25, 0.3) is 0 Å². The summed E-state index contributed by atoms with van der Waals surface area (Å²) in [5.41, 5.74) is 0. The Balaban J connectivity index is 0. The van der Waals surface area contributed by atoms with Crippen LogP contribution in [0.1, 0.15) is 66.2 Å². The van der Waals surface area contributed by atoms with E-state index in [1.807, 2.05) is 0 Å². The average Bonchev–Trinajstić information content (AvgIpc) is 2.45. The third-order valence-electron chi connectivity index (χ3n) is 3.15. The summed E-state index contributed by atoms with van der Waals surface area (Å²) in [4.78, 5) is 11.9. The van der Waals surface area contributed by atoms with Gasteiger partial charge in [-0.15, -0.1) is 0 Å². The quantitative estimate of drug-likeness (QED) is 0.280. The van der Waals surface area contributed by atoms with Crippen molar-refractivity contribution in [2.75, 3.05) is 6.54 Å². The van der Waals surface area contributed by atoms with Crippen molar-refractivity contribution in [2.24, 2.45) is 0 Å². The van der Waals surface area contributed by atoms with Gasteiger partial charge < -0.3 is 10.2 Å². The predicted molar refractivity (Wildman–Crippen MR) is 91.7 cm³/mol. The third kappa shape index (κ3) is 22.2. The zero-order valence-corrected chi connectivity index (χ0v) is 17.2. The number of unbranched alkanes of at least 4 members (excludes halogenated alkanes) is 3. The van der Waals surface area contributed by atoms with Gasteiger partial charge >= 0.3 is 104 Å². The average molecular weight is 408 g/mol. The summed E-state index contributed by atoms with van der Waals surface area (Å²) in [6.45, 7) is 8.15. The number of rotatable bonds is 11. The van der Waals surface area contributed by atoms with Crippen LogP contribution in [0.4, 0.5) is 0 Å². The molecule has 5 heteroatoms.